The fraction of sp³-hybridized carbons (Fsp3) is 1.00. The van der Waals surface area contributed by atoms with Gasteiger partial charge < -0.3 is 10.5 Å². The Morgan fingerprint density at radius 2 is 1.71 bits per heavy atom. The van der Waals surface area contributed by atoms with Gasteiger partial charge in [-0.1, -0.05) is 0 Å². The average molecular weight is 111 g/mol. The van der Waals surface area contributed by atoms with Crippen LogP contribution < -0.4 is 18.9 Å². The Morgan fingerprint density at radius 1 is 1.57 bits per heavy atom. The zero-order valence-electron chi connectivity index (χ0n) is 6.36. The molecule has 0 radical (unpaired) electrons. The van der Waals surface area contributed by atoms with Gasteiger partial charge in [0.15, 0.2) is 0 Å². The molecule has 0 aliphatic carbocycles. The Hall–Kier alpha value is 0.414. The summed E-state index contributed by atoms with van der Waals surface area (Å²) in [4.78, 5) is 0. The van der Waals surface area contributed by atoms with Crippen molar-refractivity contribution >= 4 is 8.84 Å². The Labute approximate surface area is 59.3 Å². The van der Waals surface area contributed by atoms with E-state index in [0.29, 0.717) is 0 Å². The van der Waals surface area contributed by atoms with Crippen molar-refractivity contribution in [2.75, 3.05) is 14.1 Å². The second-order valence-electron chi connectivity index (χ2n) is 1.41. The molecule has 0 aliphatic heterocycles. The number of rotatable bonds is 1. The van der Waals surface area contributed by atoms with E-state index in [9.17, 15) is 4.46 Å². The summed E-state index contributed by atoms with van der Waals surface area (Å²) < 4.78 is 12.0. The third-order valence-electron chi connectivity index (χ3n) is 0.630. The molecule has 0 atom stereocenters. The van der Waals surface area contributed by atoms with Gasteiger partial charge in [-0.15, -0.1) is 0 Å². The van der Waals surface area contributed by atoms with Crippen molar-refractivity contribution in [3.05, 3.63) is 0 Å². The minimum Gasteiger partial charge on any atom is -1.00 e. The van der Waals surface area contributed by atoms with Crippen molar-refractivity contribution in [3.8, 4) is 0 Å². The summed E-state index contributed by atoms with van der Waals surface area (Å²) in [7, 11) is 2.25. The molecule has 0 amide bonds. The minimum atomic E-state index is -1.37. The normalized spacial score (nSPS) is 6.71. The predicted molar refractivity (Wildman–Crippen MR) is 27.1 cm³/mol. The third-order valence-corrected chi connectivity index (χ3v) is 1.89. The molecule has 0 saturated heterocycles. The van der Waals surface area contributed by atoms with Gasteiger partial charge in [0.2, 0.25) is 0 Å². The monoisotopic (exact) mass is 111 g/mol. The van der Waals surface area contributed by atoms with Crippen molar-refractivity contribution in [2.45, 2.75) is 6.55 Å². The fourth-order valence-electron chi connectivity index (χ4n) is 0. The van der Waals surface area contributed by atoms with Crippen LogP contribution in [0.3, 0.4) is 0 Å². The topological polar surface area (TPSA) is 20.3 Å². The first-order chi connectivity index (χ1) is 2.64. The van der Waals surface area contributed by atoms with E-state index in [4.69, 9.17) is 0 Å². The van der Waals surface area contributed by atoms with Crippen LogP contribution in [0.15, 0.2) is 0 Å². The van der Waals surface area contributed by atoms with Gasteiger partial charge in [-0.25, -0.2) is 0 Å². The first-order valence-electron chi connectivity index (χ1n) is 1.82. The van der Waals surface area contributed by atoms with E-state index in [1.165, 1.54) is 0 Å². The Balaban J connectivity index is -0.000000125. The molecule has 2 nitrogen and oxygen atoms in total. The van der Waals surface area contributed by atoms with Gasteiger partial charge in [-0.05, 0) is 20.6 Å². The standard InChI is InChI=1S/C3H9NOSi.Li.H/c1-4(2)6(3)5;;/h1-3H3;;/q;+1;-1. The molecule has 0 heterocycles. The molecule has 7 heavy (non-hydrogen) atoms. The summed E-state index contributed by atoms with van der Waals surface area (Å²) in [5.74, 6) is 0. The molecule has 38 valence electrons. The Morgan fingerprint density at radius 3 is 1.71 bits per heavy atom. The summed E-state index contributed by atoms with van der Waals surface area (Å²) in [5.41, 5.74) is 0. The van der Waals surface area contributed by atoms with Crippen LogP contribution in [-0.2, 0) is 4.46 Å². The Kier molecular flexibility index (Phi) is 6.79. The summed E-state index contributed by atoms with van der Waals surface area (Å²) in [6.45, 7) is 1.71. The molecule has 0 spiro atoms. The largest absolute Gasteiger partial charge is 1.00 e. The first-order valence-corrected chi connectivity index (χ1v) is 3.68. The summed E-state index contributed by atoms with van der Waals surface area (Å²) in [6.07, 6.45) is 0. The molecule has 0 rings (SSSR count). The van der Waals surface area contributed by atoms with Crippen LogP contribution >= 0.6 is 0 Å². The zero-order chi connectivity index (χ0) is 5.15. The molecule has 0 aliphatic rings. The van der Waals surface area contributed by atoms with Crippen LogP contribution in [0.25, 0.3) is 0 Å². The number of hydrogen-bond donors (Lipinski definition) is 0. The fourth-order valence-corrected chi connectivity index (χ4v) is 0. The van der Waals surface area contributed by atoms with E-state index in [-0.39, 0.29) is 20.3 Å². The van der Waals surface area contributed by atoms with Crippen molar-refractivity contribution in [3.63, 3.8) is 0 Å². The molecular formula is C3H10LiNOSi. The van der Waals surface area contributed by atoms with E-state index in [2.05, 4.69) is 0 Å². The van der Waals surface area contributed by atoms with E-state index >= 15 is 0 Å². The van der Waals surface area contributed by atoms with Gasteiger partial charge in [0.1, 0.15) is 0 Å². The van der Waals surface area contributed by atoms with Crippen LogP contribution in [0.1, 0.15) is 1.43 Å². The van der Waals surface area contributed by atoms with Crippen LogP contribution in [0, 0.1) is 0 Å². The van der Waals surface area contributed by atoms with Crippen LogP contribution in [0.4, 0.5) is 0 Å². The van der Waals surface area contributed by atoms with Crippen molar-refractivity contribution in [2.24, 2.45) is 0 Å². The molecular weight excluding hydrogens is 101 g/mol. The zero-order valence-corrected chi connectivity index (χ0v) is 6.36. The maximum absolute atomic E-state index is 10.3. The summed E-state index contributed by atoms with van der Waals surface area (Å²) >= 11 is 0. The molecule has 0 bridgehead atoms. The van der Waals surface area contributed by atoms with Crippen LogP contribution in [-0.4, -0.2) is 27.5 Å². The molecule has 0 aromatic rings. The van der Waals surface area contributed by atoms with Crippen LogP contribution in [0.5, 0.6) is 0 Å². The molecule has 0 N–H and O–H groups in total. The van der Waals surface area contributed by atoms with Crippen molar-refractivity contribution < 1.29 is 24.7 Å². The molecule has 0 aromatic heterocycles. The van der Waals surface area contributed by atoms with Gasteiger partial charge in [0, 0.05) is 0 Å². The summed E-state index contributed by atoms with van der Waals surface area (Å²) in [6, 6.07) is 0. The molecule has 4 heteroatoms. The van der Waals surface area contributed by atoms with Gasteiger partial charge in [0.05, 0.1) is 0 Å². The molecule has 0 saturated carbocycles. The number of nitrogens with zero attached hydrogens (tertiary/aromatic N) is 1. The maximum Gasteiger partial charge on any atom is 1.00 e. The van der Waals surface area contributed by atoms with Crippen LogP contribution in [0.2, 0.25) is 6.55 Å². The Bertz CT molecular complexity index is 70.3. The molecule has 0 fully saturated rings. The van der Waals surface area contributed by atoms with Gasteiger partial charge in [-0.3, -0.25) is 0 Å². The van der Waals surface area contributed by atoms with Gasteiger partial charge in [-0.2, -0.15) is 0 Å². The minimum absolute atomic E-state index is 0. The van der Waals surface area contributed by atoms with E-state index < -0.39 is 8.84 Å². The average Bonchev–Trinajstić information content (AvgIpc) is 1.36. The molecule has 0 aromatic carbocycles. The second kappa shape index (κ2) is 4.57. The van der Waals surface area contributed by atoms with Gasteiger partial charge >= 0.3 is 27.7 Å². The van der Waals surface area contributed by atoms with E-state index in [0.717, 1.165) is 0 Å². The maximum atomic E-state index is 10.3. The molecule has 0 unspecified atom stereocenters. The van der Waals surface area contributed by atoms with Gasteiger partial charge in [0.25, 0.3) is 0 Å². The van der Waals surface area contributed by atoms with E-state index in [1.54, 1.807) is 25.2 Å². The third kappa shape index (κ3) is 6.41. The quantitative estimate of drug-likeness (QED) is 0.341. The SMILES string of the molecule is CN(C)[Si](C)=O.[H-].[Li+]. The van der Waals surface area contributed by atoms with E-state index in [1.807, 2.05) is 0 Å². The second-order valence-corrected chi connectivity index (χ2v) is 3.35. The van der Waals surface area contributed by atoms with Crippen molar-refractivity contribution in [1.29, 1.82) is 0 Å². The smallest absolute Gasteiger partial charge is 1.00 e. The predicted octanol–water partition coefficient (Wildman–Crippen LogP) is -2.79. The first kappa shape index (κ1) is 10.4. The number of hydrogen-bond acceptors (Lipinski definition) is 1. The van der Waals surface area contributed by atoms with Crippen molar-refractivity contribution in [1.82, 2.24) is 4.57 Å². The summed E-state index contributed by atoms with van der Waals surface area (Å²) in [5, 5.41) is 0.